The molecule has 0 spiro atoms. The van der Waals surface area contributed by atoms with Gasteiger partial charge in [0.15, 0.2) is 0 Å². The van der Waals surface area contributed by atoms with E-state index in [-0.39, 0.29) is 5.56 Å². The third kappa shape index (κ3) is 2.50. The van der Waals surface area contributed by atoms with Crippen molar-refractivity contribution in [2.75, 3.05) is 0 Å². The normalized spacial score (nSPS) is 16.0. The fourth-order valence-corrected chi connectivity index (χ4v) is 3.51. The summed E-state index contributed by atoms with van der Waals surface area (Å²) in [5, 5.41) is 36.9. The highest BCUT2D eigenvalue weighted by Crippen LogP contribution is 2.30. The van der Waals surface area contributed by atoms with Gasteiger partial charge in [-0.3, -0.25) is 0 Å². The topological polar surface area (TPSA) is 149 Å². The van der Waals surface area contributed by atoms with Crippen molar-refractivity contribution in [2.24, 2.45) is 0 Å². The Kier molecular flexibility index (Phi) is 4.42. The largest absolute Gasteiger partial charge is 0.479 e. The molecular formula is C12H14O8S. The number of aliphatic hydroxyl groups excluding tert-OH is 1. The summed E-state index contributed by atoms with van der Waals surface area (Å²) in [4.78, 5) is 17.4. The third-order valence-corrected chi connectivity index (χ3v) is 5.40. The number of hydrogen-bond donors (Lipinski definition) is 4. The van der Waals surface area contributed by atoms with Crippen LogP contribution in [0.25, 0.3) is 0 Å². The van der Waals surface area contributed by atoms with Crippen molar-refractivity contribution in [2.45, 2.75) is 29.8 Å². The summed E-state index contributed by atoms with van der Waals surface area (Å²) in [6.07, 6.45) is -3.04. The molecule has 0 saturated carbocycles. The minimum Gasteiger partial charge on any atom is -0.479 e. The quantitative estimate of drug-likeness (QED) is 0.556. The Labute approximate surface area is 120 Å². The summed E-state index contributed by atoms with van der Waals surface area (Å²) in [5.74, 6) is -4.55. The van der Waals surface area contributed by atoms with Gasteiger partial charge in [0.1, 0.15) is 0 Å². The van der Waals surface area contributed by atoms with Gasteiger partial charge in [0.2, 0.25) is 15.9 Å². The van der Waals surface area contributed by atoms with E-state index in [1.807, 2.05) is 0 Å². The molecule has 0 saturated heterocycles. The van der Waals surface area contributed by atoms with E-state index in [4.69, 9.17) is 10.2 Å². The summed E-state index contributed by atoms with van der Waals surface area (Å²) in [6.45, 7) is 2.93. The van der Waals surface area contributed by atoms with Crippen LogP contribution in [0.2, 0.25) is 0 Å². The van der Waals surface area contributed by atoms with Crippen molar-refractivity contribution in [1.29, 1.82) is 0 Å². The van der Waals surface area contributed by atoms with E-state index < -0.39 is 37.7 Å². The third-order valence-electron chi connectivity index (χ3n) is 3.17. The number of sulfone groups is 1. The Bertz CT molecular complexity index is 693. The molecule has 0 heterocycles. The standard InChI is InChI=1S/C12H14O8S/c1-6-4-3-5-8(7(6)2)21(19,20)12(18,11(16)17)9(13)10(14)15/h3-5,9,13,18H,1-2H3,(H,14,15)(H,16,17). The van der Waals surface area contributed by atoms with Crippen LogP contribution < -0.4 is 0 Å². The molecular weight excluding hydrogens is 304 g/mol. The lowest BCUT2D eigenvalue weighted by Gasteiger charge is -2.26. The van der Waals surface area contributed by atoms with Gasteiger partial charge >= 0.3 is 16.9 Å². The number of aliphatic carboxylic acids is 2. The number of rotatable bonds is 5. The molecule has 8 nitrogen and oxygen atoms in total. The first-order valence-electron chi connectivity index (χ1n) is 5.65. The molecule has 21 heavy (non-hydrogen) atoms. The number of aliphatic hydroxyl groups is 2. The lowest BCUT2D eigenvalue weighted by atomic mass is 10.1. The second kappa shape index (κ2) is 5.43. The van der Waals surface area contributed by atoms with Gasteiger partial charge < -0.3 is 20.4 Å². The highest BCUT2D eigenvalue weighted by Gasteiger charge is 2.59. The van der Waals surface area contributed by atoms with E-state index in [0.29, 0.717) is 5.56 Å². The Morgan fingerprint density at radius 1 is 1.19 bits per heavy atom. The highest BCUT2D eigenvalue weighted by molar-refractivity contribution is 7.93. The highest BCUT2D eigenvalue weighted by atomic mass is 32.2. The average molecular weight is 318 g/mol. The van der Waals surface area contributed by atoms with E-state index in [9.17, 15) is 28.2 Å². The van der Waals surface area contributed by atoms with Crippen molar-refractivity contribution in [1.82, 2.24) is 0 Å². The van der Waals surface area contributed by atoms with Crippen LogP contribution in [0.5, 0.6) is 0 Å². The van der Waals surface area contributed by atoms with Crippen LogP contribution in [0, 0.1) is 13.8 Å². The molecule has 2 unspecified atom stereocenters. The van der Waals surface area contributed by atoms with Gasteiger partial charge in [-0.2, -0.15) is 0 Å². The second-order valence-electron chi connectivity index (χ2n) is 4.44. The number of aryl methyl sites for hydroxylation is 1. The predicted octanol–water partition coefficient (Wildman–Crippen LogP) is -0.704. The molecule has 2 atom stereocenters. The van der Waals surface area contributed by atoms with Crippen molar-refractivity contribution in [3.63, 3.8) is 0 Å². The van der Waals surface area contributed by atoms with E-state index in [0.717, 1.165) is 6.07 Å². The maximum absolute atomic E-state index is 12.4. The minimum atomic E-state index is -5.07. The van der Waals surface area contributed by atoms with Crippen molar-refractivity contribution < 1.29 is 38.4 Å². The fourth-order valence-electron chi connectivity index (χ4n) is 1.73. The Hall–Kier alpha value is -1.97. The molecule has 1 rings (SSSR count). The monoisotopic (exact) mass is 318 g/mol. The van der Waals surface area contributed by atoms with Gasteiger partial charge in [-0.1, -0.05) is 12.1 Å². The van der Waals surface area contributed by atoms with E-state index in [1.165, 1.54) is 13.0 Å². The van der Waals surface area contributed by atoms with Gasteiger partial charge in [0, 0.05) is 0 Å². The predicted molar refractivity (Wildman–Crippen MR) is 69.3 cm³/mol. The summed E-state index contributed by atoms with van der Waals surface area (Å²) in [7, 11) is -5.07. The van der Waals surface area contributed by atoms with Crippen molar-refractivity contribution in [3.05, 3.63) is 29.3 Å². The van der Waals surface area contributed by atoms with Crippen LogP contribution in [0.3, 0.4) is 0 Å². The van der Waals surface area contributed by atoms with E-state index >= 15 is 0 Å². The molecule has 4 N–H and O–H groups in total. The zero-order valence-corrected chi connectivity index (χ0v) is 12.0. The first-order valence-corrected chi connectivity index (χ1v) is 7.13. The number of hydrogen-bond acceptors (Lipinski definition) is 6. The lowest BCUT2D eigenvalue weighted by molar-refractivity contribution is -0.170. The molecule has 0 aliphatic heterocycles. The molecule has 0 amide bonds. The molecule has 0 fully saturated rings. The molecule has 9 heteroatoms. The van der Waals surface area contributed by atoms with Crippen LogP contribution >= 0.6 is 0 Å². The maximum atomic E-state index is 12.4. The van der Waals surface area contributed by atoms with Crippen LogP contribution in [-0.4, -0.2) is 51.8 Å². The molecule has 0 bridgehead atoms. The molecule has 0 aliphatic carbocycles. The lowest BCUT2D eigenvalue weighted by Crippen LogP contribution is -2.58. The molecule has 0 aromatic heterocycles. The average Bonchev–Trinajstić information content (AvgIpc) is 2.39. The number of carboxylic acid groups (broad SMARTS) is 2. The first kappa shape index (κ1) is 17.1. The second-order valence-corrected chi connectivity index (χ2v) is 6.51. The molecule has 0 aliphatic rings. The Balaban J connectivity index is 3.69. The number of carbonyl (C=O) groups is 2. The Morgan fingerprint density at radius 3 is 2.14 bits per heavy atom. The zero-order valence-electron chi connectivity index (χ0n) is 11.1. The summed E-state index contributed by atoms with van der Waals surface area (Å²) < 4.78 is 24.7. The van der Waals surface area contributed by atoms with Crippen LogP contribution in [0.15, 0.2) is 23.1 Å². The molecule has 1 aromatic carbocycles. The van der Waals surface area contributed by atoms with Gasteiger partial charge in [0.25, 0.3) is 0 Å². The fraction of sp³-hybridized carbons (Fsp3) is 0.333. The smallest absolute Gasteiger partial charge is 0.355 e. The van der Waals surface area contributed by atoms with Crippen LogP contribution in [-0.2, 0) is 19.4 Å². The summed E-state index contributed by atoms with van der Waals surface area (Å²) in [5.41, 5.74) is 0.642. The molecule has 0 radical (unpaired) electrons. The molecule has 1 aromatic rings. The first-order chi connectivity index (χ1) is 9.47. The zero-order chi connectivity index (χ0) is 16.6. The SMILES string of the molecule is Cc1cccc(S(=O)(=O)C(O)(C(=O)O)C(O)C(=O)O)c1C. The Morgan fingerprint density at radius 2 is 1.71 bits per heavy atom. The van der Waals surface area contributed by atoms with Crippen LogP contribution in [0.4, 0.5) is 0 Å². The number of carboxylic acids is 2. The van der Waals surface area contributed by atoms with Crippen molar-refractivity contribution in [3.8, 4) is 0 Å². The number of benzene rings is 1. The van der Waals surface area contributed by atoms with Crippen molar-refractivity contribution >= 4 is 21.8 Å². The molecule has 116 valence electrons. The van der Waals surface area contributed by atoms with Gasteiger partial charge in [-0.15, -0.1) is 0 Å². The van der Waals surface area contributed by atoms with Gasteiger partial charge in [-0.05, 0) is 31.0 Å². The maximum Gasteiger partial charge on any atom is 0.355 e. The van der Waals surface area contributed by atoms with Crippen LogP contribution in [0.1, 0.15) is 11.1 Å². The van der Waals surface area contributed by atoms with E-state index in [1.54, 1.807) is 13.0 Å². The van der Waals surface area contributed by atoms with E-state index in [2.05, 4.69) is 0 Å². The minimum absolute atomic E-state index is 0.148. The van der Waals surface area contributed by atoms with Gasteiger partial charge in [0.05, 0.1) is 4.90 Å². The van der Waals surface area contributed by atoms with Gasteiger partial charge in [-0.25, -0.2) is 18.0 Å². The summed E-state index contributed by atoms with van der Waals surface area (Å²) >= 11 is 0. The summed E-state index contributed by atoms with van der Waals surface area (Å²) in [6, 6.07) is 3.90.